The van der Waals surface area contributed by atoms with E-state index in [0.717, 1.165) is 11.4 Å². The number of nitrogen functional groups attached to an aromatic ring is 1. The van der Waals surface area contributed by atoms with Crippen LogP contribution in [0.3, 0.4) is 0 Å². The minimum Gasteiger partial charge on any atom is -0.381 e. The molecule has 0 fully saturated rings. The van der Waals surface area contributed by atoms with Crippen molar-refractivity contribution in [3.63, 3.8) is 0 Å². The van der Waals surface area contributed by atoms with Crippen LogP contribution in [0.25, 0.3) is 5.69 Å². The number of anilines is 1. The third kappa shape index (κ3) is 2.16. The predicted molar refractivity (Wildman–Crippen MR) is 69.3 cm³/mol. The van der Waals surface area contributed by atoms with E-state index < -0.39 is 0 Å². The molecule has 0 unspecified atom stereocenters. The quantitative estimate of drug-likeness (QED) is 0.862. The van der Waals surface area contributed by atoms with Crippen LogP contribution in [-0.2, 0) is 0 Å². The van der Waals surface area contributed by atoms with Crippen molar-refractivity contribution in [1.29, 1.82) is 0 Å². The van der Waals surface area contributed by atoms with Crippen LogP contribution in [0, 0.1) is 13.8 Å². The predicted octanol–water partition coefficient (Wildman–Crippen LogP) is 2.59. The largest absolute Gasteiger partial charge is 0.381 e. The minimum atomic E-state index is 0.297. The van der Waals surface area contributed by atoms with Gasteiger partial charge in [0.25, 0.3) is 0 Å². The first-order valence-corrected chi connectivity index (χ1v) is 5.78. The van der Waals surface area contributed by atoms with E-state index >= 15 is 0 Å². The molecule has 90 valence electrons. The van der Waals surface area contributed by atoms with Gasteiger partial charge in [-0.05, 0) is 43.0 Å². The molecule has 1 heterocycles. The Morgan fingerprint density at radius 1 is 1.12 bits per heavy atom. The molecule has 0 saturated heterocycles. The topological polar surface area (TPSA) is 56.7 Å². The SMILES string of the molecule is Cc1cc(C)cc(-n2nnc(N)c2C(C)C)c1. The average molecular weight is 230 g/mol. The van der Waals surface area contributed by atoms with Crippen molar-refractivity contribution in [1.82, 2.24) is 15.0 Å². The number of hydrogen-bond acceptors (Lipinski definition) is 3. The summed E-state index contributed by atoms with van der Waals surface area (Å²) in [5, 5.41) is 8.10. The highest BCUT2D eigenvalue weighted by Gasteiger charge is 2.15. The van der Waals surface area contributed by atoms with Crippen molar-refractivity contribution in [2.24, 2.45) is 0 Å². The van der Waals surface area contributed by atoms with E-state index in [9.17, 15) is 0 Å². The summed E-state index contributed by atoms with van der Waals surface area (Å²) in [6.45, 7) is 8.33. The zero-order valence-corrected chi connectivity index (χ0v) is 10.7. The van der Waals surface area contributed by atoms with Crippen molar-refractivity contribution >= 4 is 5.82 Å². The van der Waals surface area contributed by atoms with E-state index in [-0.39, 0.29) is 0 Å². The van der Waals surface area contributed by atoms with E-state index in [2.05, 4.69) is 56.2 Å². The first-order valence-electron chi connectivity index (χ1n) is 5.78. The molecular weight excluding hydrogens is 212 g/mol. The number of aryl methyl sites for hydroxylation is 2. The Hall–Kier alpha value is -1.84. The summed E-state index contributed by atoms with van der Waals surface area (Å²) in [5.41, 5.74) is 10.3. The Labute approximate surface area is 101 Å². The maximum absolute atomic E-state index is 5.86. The zero-order chi connectivity index (χ0) is 12.6. The second kappa shape index (κ2) is 4.20. The Morgan fingerprint density at radius 3 is 2.24 bits per heavy atom. The van der Waals surface area contributed by atoms with Gasteiger partial charge >= 0.3 is 0 Å². The Balaban J connectivity index is 2.60. The van der Waals surface area contributed by atoms with Gasteiger partial charge < -0.3 is 5.73 Å². The summed E-state index contributed by atoms with van der Waals surface area (Å²) < 4.78 is 1.83. The summed E-state index contributed by atoms with van der Waals surface area (Å²) in [5.74, 6) is 0.810. The first-order chi connectivity index (χ1) is 7.99. The molecule has 2 aromatic rings. The third-order valence-corrected chi connectivity index (χ3v) is 2.73. The molecule has 0 atom stereocenters. The highest BCUT2D eigenvalue weighted by atomic mass is 15.4. The molecule has 0 spiro atoms. The minimum absolute atomic E-state index is 0.297. The number of benzene rings is 1. The van der Waals surface area contributed by atoms with Gasteiger partial charge in [-0.1, -0.05) is 25.1 Å². The number of nitrogens with zero attached hydrogens (tertiary/aromatic N) is 3. The molecule has 0 amide bonds. The van der Waals surface area contributed by atoms with Gasteiger partial charge in [0.2, 0.25) is 0 Å². The molecule has 1 aromatic carbocycles. The number of rotatable bonds is 2. The van der Waals surface area contributed by atoms with E-state index in [0.29, 0.717) is 11.7 Å². The fourth-order valence-corrected chi connectivity index (χ4v) is 2.10. The lowest BCUT2D eigenvalue weighted by Crippen LogP contribution is -2.06. The molecule has 0 saturated carbocycles. The van der Waals surface area contributed by atoms with E-state index in [4.69, 9.17) is 5.73 Å². The highest BCUT2D eigenvalue weighted by Crippen LogP contribution is 2.23. The molecule has 0 bridgehead atoms. The Kier molecular flexibility index (Phi) is 2.88. The molecule has 2 N–H and O–H groups in total. The molecule has 0 aliphatic rings. The van der Waals surface area contributed by atoms with Crippen LogP contribution in [0.4, 0.5) is 5.82 Å². The van der Waals surface area contributed by atoms with Gasteiger partial charge in [0.1, 0.15) is 0 Å². The van der Waals surface area contributed by atoms with Crippen molar-refractivity contribution in [2.45, 2.75) is 33.6 Å². The van der Waals surface area contributed by atoms with Crippen LogP contribution >= 0.6 is 0 Å². The van der Waals surface area contributed by atoms with E-state index in [1.54, 1.807) is 0 Å². The lowest BCUT2D eigenvalue weighted by Gasteiger charge is -2.11. The second-order valence-electron chi connectivity index (χ2n) is 4.77. The van der Waals surface area contributed by atoms with Crippen molar-refractivity contribution in [3.8, 4) is 5.69 Å². The smallest absolute Gasteiger partial charge is 0.169 e. The van der Waals surface area contributed by atoms with Crippen LogP contribution in [-0.4, -0.2) is 15.0 Å². The maximum Gasteiger partial charge on any atom is 0.169 e. The second-order valence-corrected chi connectivity index (χ2v) is 4.77. The molecule has 17 heavy (non-hydrogen) atoms. The lowest BCUT2D eigenvalue weighted by atomic mass is 10.1. The fraction of sp³-hybridized carbons (Fsp3) is 0.385. The van der Waals surface area contributed by atoms with Crippen LogP contribution < -0.4 is 5.73 Å². The molecule has 4 nitrogen and oxygen atoms in total. The van der Waals surface area contributed by atoms with Crippen LogP contribution in [0.1, 0.15) is 36.6 Å². The molecular formula is C13H18N4. The van der Waals surface area contributed by atoms with Gasteiger partial charge in [0, 0.05) is 0 Å². The number of aromatic nitrogens is 3. The average Bonchev–Trinajstić information content (AvgIpc) is 2.58. The van der Waals surface area contributed by atoms with Crippen molar-refractivity contribution < 1.29 is 0 Å². The van der Waals surface area contributed by atoms with Crippen molar-refractivity contribution in [2.75, 3.05) is 5.73 Å². The van der Waals surface area contributed by atoms with Crippen LogP contribution in [0.2, 0.25) is 0 Å². The summed E-state index contributed by atoms with van der Waals surface area (Å²) in [7, 11) is 0. The molecule has 0 radical (unpaired) electrons. The third-order valence-electron chi connectivity index (χ3n) is 2.73. The van der Waals surface area contributed by atoms with Crippen LogP contribution in [0.15, 0.2) is 18.2 Å². The van der Waals surface area contributed by atoms with Crippen molar-refractivity contribution in [3.05, 3.63) is 35.0 Å². The fourth-order valence-electron chi connectivity index (χ4n) is 2.10. The summed E-state index contributed by atoms with van der Waals surface area (Å²) in [6.07, 6.45) is 0. The zero-order valence-electron chi connectivity index (χ0n) is 10.7. The monoisotopic (exact) mass is 230 g/mol. The van der Waals surface area contributed by atoms with Crippen LogP contribution in [0.5, 0.6) is 0 Å². The maximum atomic E-state index is 5.86. The lowest BCUT2D eigenvalue weighted by molar-refractivity contribution is 0.715. The summed E-state index contributed by atoms with van der Waals surface area (Å²) in [4.78, 5) is 0. The normalized spacial score (nSPS) is 11.1. The van der Waals surface area contributed by atoms with Gasteiger partial charge in [-0.3, -0.25) is 0 Å². The van der Waals surface area contributed by atoms with Gasteiger partial charge in [0.05, 0.1) is 11.4 Å². The molecule has 0 aliphatic heterocycles. The van der Waals surface area contributed by atoms with Gasteiger partial charge in [-0.2, -0.15) is 0 Å². The Morgan fingerprint density at radius 2 is 1.71 bits per heavy atom. The van der Waals surface area contributed by atoms with Gasteiger partial charge in [-0.15, -0.1) is 5.10 Å². The molecule has 0 aliphatic carbocycles. The van der Waals surface area contributed by atoms with E-state index in [1.165, 1.54) is 11.1 Å². The number of nitrogens with two attached hydrogens (primary N) is 1. The molecule has 2 rings (SSSR count). The van der Waals surface area contributed by atoms with Gasteiger partial charge in [0.15, 0.2) is 5.82 Å². The van der Waals surface area contributed by atoms with Gasteiger partial charge in [-0.25, -0.2) is 4.68 Å². The molecule has 1 aromatic heterocycles. The standard InChI is InChI=1S/C13H18N4/c1-8(2)12-13(14)15-16-17(12)11-6-9(3)5-10(4)7-11/h5-8H,14H2,1-4H3. The number of hydrogen-bond donors (Lipinski definition) is 1. The first kappa shape index (κ1) is 11.6. The summed E-state index contributed by atoms with van der Waals surface area (Å²) >= 11 is 0. The highest BCUT2D eigenvalue weighted by molar-refractivity contribution is 5.45. The Bertz CT molecular complexity index is 520. The van der Waals surface area contributed by atoms with E-state index in [1.807, 2.05) is 4.68 Å². The molecule has 4 heteroatoms. The summed E-state index contributed by atoms with van der Waals surface area (Å²) in [6, 6.07) is 6.32.